The number of carbonyl (C=O) groups is 1. The second-order valence-electron chi connectivity index (χ2n) is 6.07. The van der Waals surface area contributed by atoms with Crippen molar-refractivity contribution in [3.8, 4) is 11.4 Å². The van der Waals surface area contributed by atoms with Crippen LogP contribution in [0, 0.1) is 6.92 Å². The van der Waals surface area contributed by atoms with E-state index in [4.69, 9.17) is 16.1 Å². The standard InChI is InChI=1S/C18H17ClN4O4S/c1-11-20-17(22-27-11)13-6-4-5-7-15(13)21-18(24)12-8-9-14(19)16(10-12)28(25,26)23(2)3/h4-10H,1-3H3,(H,21,24). The highest BCUT2D eigenvalue weighted by atomic mass is 35.5. The number of nitrogens with one attached hydrogen (secondary N) is 1. The Balaban J connectivity index is 1.95. The average Bonchev–Trinajstić information content (AvgIpc) is 3.08. The van der Waals surface area contributed by atoms with Gasteiger partial charge in [-0.05, 0) is 30.3 Å². The Bertz CT molecular complexity index is 1140. The van der Waals surface area contributed by atoms with Gasteiger partial charge in [-0.3, -0.25) is 4.79 Å². The molecule has 0 spiro atoms. The molecule has 0 saturated carbocycles. The molecular formula is C18H17ClN4O4S. The van der Waals surface area contributed by atoms with Crippen LogP contribution in [0.25, 0.3) is 11.4 Å². The van der Waals surface area contributed by atoms with Crippen LogP contribution in [0.4, 0.5) is 5.69 Å². The van der Waals surface area contributed by atoms with E-state index in [2.05, 4.69) is 15.5 Å². The molecule has 28 heavy (non-hydrogen) atoms. The minimum absolute atomic E-state index is 0.0351. The SMILES string of the molecule is Cc1nc(-c2ccccc2NC(=O)c2ccc(Cl)c(S(=O)(=O)N(C)C)c2)no1. The third kappa shape index (κ3) is 3.91. The summed E-state index contributed by atoms with van der Waals surface area (Å²) in [6.07, 6.45) is 0. The first kappa shape index (κ1) is 20.0. The first-order valence-electron chi connectivity index (χ1n) is 8.13. The molecule has 1 N–H and O–H groups in total. The van der Waals surface area contributed by atoms with Gasteiger partial charge in [0.1, 0.15) is 4.90 Å². The highest BCUT2D eigenvalue weighted by Crippen LogP contribution is 2.28. The van der Waals surface area contributed by atoms with E-state index in [0.717, 1.165) is 4.31 Å². The Labute approximate surface area is 167 Å². The number of rotatable bonds is 5. The summed E-state index contributed by atoms with van der Waals surface area (Å²) >= 11 is 6.03. The maximum absolute atomic E-state index is 12.7. The lowest BCUT2D eigenvalue weighted by Crippen LogP contribution is -2.23. The van der Waals surface area contributed by atoms with Crippen molar-refractivity contribution in [1.29, 1.82) is 0 Å². The van der Waals surface area contributed by atoms with Crippen molar-refractivity contribution < 1.29 is 17.7 Å². The van der Waals surface area contributed by atoms with Crippen LogP contribution in [-0.4, -0.2) is 42.9 Å². The highest BCUT2D eigenvalue weighted by molar-refractivity contribution is 7.89. The summed E-state index contributed by atoms with van der Waals surface area (Å²) < 4.78 is 30.8. The minimum Gasteiger partial charge on any atom is -0.339 e. The molecule has 10 heteroatoms. The Morgan fingerprint density at radius 3 is 2.54 bits per heavy atom. The van der Waals surface area contributed by atoms with Crippen molar-refractivity contribution in [1.82, 2.24) is 14.4 Å². The molecule has 0 aliphatic rings. The topological polar surface area (TPSA) is 105 Å². The zero-order chi connectivity index (χ0) is 20.5. The molecule has 0 bridgehead atoms. The normalized spacial score (nSPS) is 11.6. The molecule has 146 valence electrons. The predicted molar refractivity (Wildman–Crippen MR) is 105 cm³/mol. The smallest absolute Gasteiger partial charge is 0.255 e. The number of aromatic nitrogens is 2. The molecule has 3 aromatic rings. The number of hydrogen-bond acceptors (Lipinski definition) is 6. The van der Waals surface area contributed by atoms with Crippen LogP contribution in [0.1, 0.15) is 16.2 Å². The van der Waals surface area contributed by atoms with E-state index in [9.17, 15) is 13.2 Å². The van der Waals surface area contributed by atoms with Gasteiger partial charge in [-0.1, -0.05) is 28.9 Å². The summed E-state index contributed by atoms with van der Waals surface area (Å²) in [5.74, 6) is 0.229. The van der Waals surface area contributed by atoms with Crippen molar-refractivity contribution in [2.24, 2.45) is 0 Å². The first-order valence-corrected chi connectivity index (χ1v) is 9.95. The third-order valence-electron chi connectivity index (χ3n) is 3.90. The quantitative estimate of drug-likeness (QED) is 0.679. The Morgan fingerprint density at radius 1 is 1.18 bits per heavy atom. The van der Waals surface area contributed by atoms with E-state index in [0.29, 0.717) is 23.0 Å². The largest absolute Gasteiger partial charge is 0.339 e. The fourth-order valence-electron chi connectivity index (χ4n) is 2.43. The minimum atomic E-state index is -3.80. The molecule has 0 radical (unpaired) electrons. The number of halogens is 1. The number of amides is 1. The van der Waals surface area contributed by atoms with Gasteiger partial charge in [0.15, 0.2) is 0 Å². The number of carbonyl (C=O) groups excluding carboxylic acids is 1. The summed E-state index contributed by atoms with van der Waals surface area (Å²) in [5.41, 5.74) is 1.17. The van der Waals surface area contributed by atoms with Crippen molar-refractivity contribution in [3.05, 3.63) is 58.9 Å². The molecule has 0 saturated heterocycles. The van der Waals surface area contributed by atoms with Crippen LogP contribution in [0.3, 0.4) is 0 Å². The predicted octanol–water partition coefficient (Wildman–Crippen LogP) is 3.20. The van der Waals surface area contributed by atoms with Gasteiger partial charge in [0, 0.05) is 32.1 Å². The molecular weight excluding hydrogens is 404 g/mol. The van der Waals surface area contributed by atoms with Gasteiger partial charge in [0.2, 0.25) is 21.7 Å². The fourth-order valence-corrected chi connectivity index (χ4v) is 3.82. The fraction of sp³-hybridized carbons (Fsp3) is 0.167. The number of sulfonamides is 1. The van der Waals surface area contributed by atoms with Crippen LogP contribution in [0.2, 0.25) is 5.02 Å². The maximum Gasteiger partial charge on any atom is 0.255 e. The zero-order valence-corrected chi connectivity index (χ0v) is 16.9. The van der Waals surface area contributed by atoms with Crippen molar-refractivity contribution in [2.45, 2.75) is 11.8 Å². The van der Waals surface area contributed by atoms with Gasteiger partial charge in [-0.15, -0.1) is 0 Å². The van der Waals surface area contributed by atoms with E-state index in [-0.39, 0.29) is 15.5 Å². The Hall–Kier alpha value is -2.75. The molecule has 0 aliphatic carbocycles. The third-order valence-corrected chi connectivity index (χ3v) is 6.19. The number of benzene rings is 2. The van der Waals surface area contributed by atoms with E-state index >= 15 is 0 Å². The summed E-state index contributed by atoms with van der Waals surface area (Å²) in [4.78, 5) is 16.8. The van der Waals surface area contributed by atoms with Gasteiger partial charge in [-0.25, -0.2) is 12.7 Å². The lowest BCUT2D eigenvalue weighted by molar-refractivity contribution is 0.102. The maximum atomic E-state index is 12.7. The molecule has 0 unspecified atom stereocenters. The summed E-state index contributed by atoms with van der Waals surface area (Å²) in [7, 11) is -1.01. The van der Waals surface area contributed by atoms with Gasteiger partial charge >= 0.3 is 0 Å². The summed E-state index contributed by atoms with van der Waals surface area (Å²) in [6.45, 7) is 1.66. The first-order chi connectivity index (χ1) is 13.2. The number of para-hydroxylation sites is 1. The van der Waals surface area contributed by atoms with Crippen LogP contribution >= 0.6 is 11.6 Å². The molecule has 0 fully saturated rings. The molecule has 8 nitrogen and oxygen atoms in total. The molecule has 1 amide bonds. The van der Waals surface area contributed by atoms with Gasteiger partial charge < -0.3 is 9.84 Å². The van der Waals surface area contributed by atoms with Crippen LogP contribution in [0.5, 0.6) is 0 Å². The molecule has 2 aromatic carbocycles. The zero-order valence-electron chi connectivity index (χ0n) is 15.3. The summed E-state index contributed by atoms with van der Waals surface area (Å²) in [5, 5.41) is 6.65. The van der Waals surface area contributed by atoms with Gasteiger partial charge in [-0.2, -0.15) is 4.98 Å². The van der Waals surface area contributed by atoms with Crippen molar-refractivity contribution in [3.63, 3.8) is 0 Å². The van der Waals surface area contributed by atoms with E-state index in [1.807, 2.05) is 0 Å². The number of aryl methyl sites for hydroxylation is 1. The van der Waals surface area contributed by atoms with E-state index in [1.54, 1.807) is 31.2 Å². The lowest BCUT2D eigenvalue weighted by atomic mass is 10.1. The van der Waals surface area contributed by atoms with Gasteiger partial charge in [0.05, 0.1) is 10.7 Å². The van der Waals surface area contributed by atoms with Crippen molar-refractivity contribution in [2.75, 3.05) is 19.4 Å². The van der Waals surface area contributed by atoms with E-state index in [1.165, 1.54) is 32.3 Å². The molecule has 3 rings (SSSR count). The second kappa shape index (κ2) is 7.70. The van der Waals surface area contributed by atoms with E-state index < -0.39 is 15.9 Å². The number of nitrogens with zero attached hydrogens (tertiary/aromatic N) is 3. The number of hydrogen-bond donors (Lipinski definition) is 1. The molecule has 1 heterocycles. The van der Waals surface area contributed by atoms with Crippen LogP contribution in [0.15, 0.2) is 51.9 Å². The highest BCUT2D eigenvalue weighted by Gasteiger charge is 2.23. The average molecular weight is 421 g/mol. The Morgan fingerprint density at radius 2 is 1.89 bits per heavy atom. The summed E-state index contributed by atoms with van der Waals surface area (Å²) in [6, 6.07) is 11.0. The van der Waals surface area contributed by atoms with Crippen molar-refractivity contribution >= 4 is 33.2 Å². The lowest BCUT2D eigenvalue weighted by Gasteiger charge is -2.14. The second-order valence-corrected chi connectivity index (χ2v) is 8.60. The molecule has 0 atom stereocenters. The molecule has 0 aliphatic heterocycles. The van der Waals surface area contributed by atoms with Gasteiger partial charge in [0.25, 0.3) is 5.91 Å². The number of anilines is 1. The molecule has 1 aromatic heterocycles. The van der Waals surface area contributed by atoms with Crippen LogP contribution in [-0.2, 0) is 10.0 Å². The van der Waals surface area contributed by atoms with Crippen LogP contribution < -0.4 is 5.32 Å². The monoisotopic (exact) mass is 420 g/mol. The Kier molecular flexibility index (Phi) is 5.50.